The van der Waals surface area contributed by atoms with Gasteiger partial charge in [-0.2, -0.15) is 0 Å². The Bertz CT molecular complexity index is 2690. The van der Waals surface area contributed by atoms with Crippen LogP contribution in [0.25, 0.3) is 67.2 Å². The third-order valence-electron chi connectivity index (χ3n) is 11.6. The lowest BCUT2D eigenvalue weighted by Crippen LogP contribution is -2.30. The number of benzene rings is 7. The van der Waals surface area contributed by atoms with Gasteiger partial charge in [0.15, 0.2) is 17.5 Å². The maximum absolute atomic E-state index is 12.6. The summed E-state index contributed by atoms with van der Waals surface area (Å²) in [5.74, 6) is 1.97. The monoisotopic (exact) mass is 745 g/mol. The molecule has 0 N–H and O–H groups in total. The molecule has 56 heavy (non-hydrogen) atoms. The molecular weight excluding hydrogens is 702 g/mol. The lowest BCUT2D eigenvalue weighted by atomic mass is 9.65. The number of fused-ring (bicyclic) bond motifs is 1. The molecule has 1 aliphatic rings. The molecule has 0 radical (unpaired) electrons. The molecule has 0 saturated heterocycles. The number of nitrogens with zero attached hydrogens (tertiary/aromatic N) is 3. The molecule has 7 aromatic carbocycles. The summed E-state index contributed by atoms with van der Waals surface area (Å²) in [6, 6.07) is 60.0. The van der Waals surface area contributed by atoms with Crippen molar-refractivity contribution in [1.82, 2.24) is 15.0 Å². The molecule has 1 fully saturated rings. The Balaban J connectivity index is 1.10. The number of hydrogen-bond donors (Lipinski definition) is 0. The zero-order chi connectivity index (χ0) is 38.1. The van der Waals surface area contributed by atoms with Crippen LogP contribution in [0.5, 0.6) is 0 Å². The third kappa shape index (κ3) is 7.02. The van der Waals surface area contributed by atoms with Crippen LogP contribution in [-0.2, 0) is 9.98 Å². The van der Waals surface area contributed by atoms with Crippen LogP contribution < -0.4 is 5.30 Å². The summed E-state index contributed by atoms with van der Waals surface area (Å²) in [6.07, 6.45) is 5.89. The van der Waals surface area contributed by atoms with Crippen molar-refractivity contribution in [3.05, 3.63) is 181 Å². The fourth-order valence-corrected chi connectivity index (χ4v) is 9.34. The molecular formula is C51H44N3OP. The van der Waals surface area contributed by atoms with E-state index in [0.29, 0.717) is 17.5 Å². The van der Waals surface area contributed by atoms with Gasteiger partial charge >= 0.3 is 0 Å². The molecule has 0 spiro atoms. The lowest BCUT2D eigenvalue weighted by Gasteiger charge is -2.39. The van der Waals surface area contributed by atoms with Crippen molar-refractivity contribution < 1.29 is 4.57 Å². The van der Waals surface area contributed by atoms with Gasteiger partial charge in [0.25, 0.3) is 0 Å². The molecule has 1 aromatic heterocycles. The largest absolute Gasteiger partial charge is 0.319 e. The van der Waals surface area contributed by atoms with E-state index in [-0.39, 0.29) is 5.41 Å². The fraction of sp³-hybridized carbons (Fsp3) is 0.157. The summed E-state index contributed by atoms with van der Waals surface area (Å²) < 4.78 is 12.6. The van der Waals surface area contributed by atoms with Gasteiger partial charge in [0.2, 0.25) is 0 Å². The summed E-state index contributed by atoms with van der Waals surface area (Å²) in [5, 5.41) is 3.18. The van der Waals surface area contributed by atoms with Crippen LogP contribution in [0.1, 0.15) is 43.2 Å². The van der Waals surface area contributed by atoms with Gasteiger partial charge in [0, 0.05) is 27.4 Å². The molecule has 4 nitrogen and oxygen atoms in total. The van der Waals surface area contributed by atoms with Crippen LogP contribution >= 0.6 is 7.14 Å². The minimum Gasteiger partial charge on any atom is -0.319 e. The molecule has 0 aliphatic heterocycles. The molecule has 9 rings (SSSR count). The van der Waals surface area contributed by atoms with Crippen LogP contribution in [0.15, 0.2) is 170 Å². The summed E-state index contributed by atoms with van der Waals surface area (Å²) in [5.41, 5.74) is 10.1. The molecule has 1 saturated carbocycles. The highest BCUT2D eigenvalue weighted by Gasteiger charge is 2.35. The first kappa shape index (κ1) is 35.7. The zero-order valence-corrected chi connectivity index (χ0v) is 32.8. The molecule has 0 unspecified atom stereocenters. The van der Waals surface area contributed by atoms with Crippen molar-refractivity contribution in [2.75, 3.05) is 13.3 Å². The van der Waals surface area contributed by atoms with Crippen molar-refractivity contribution in [2.24, 2.45) is 0 Å². The van der Waals surface area contributed by atoms with Gasteiger partial charge in [-0.15, -0.1) is 0 Å². The minimum absolute atomic E-state index is 0.0630. The van der Waals surface area contributed by atoms with Gasteiger partial charge in [-0.1, -0.05) is 183 Å². The Labute approximate surface area is 329 Å². The van der Waals surface area contributed by atoms with Crippen molar-refractivity contribution >= 4 is 23.2 Å². The van der Waals surface area contributed by atoms with Crippen LogP contribution in [0, 0.1) is 0 Å². The molecule has 1 aliphatic carbocycles. The maximum atomic E-state index is 12.6. The highest BCUT2D eigenvalue weighted by atomic mass is 31.2. The maximum Gasteiger partial charge on any atom is 0.164 e. The van der Waals surface area contributed by atoms with E-state index in [1.165, 1.54) is 36.0 Å². The minimum atomic E-state index is -2.29. The second-order valence-electron chi connectivity index (χ2n) is 15.5. The van der Waals surface area contributed by atoms with Gasteiger partial charge in [-0.05, 0) is 76.4 Å². The van der Waals surface area contributed by atoms with Crippen LogP contribution in [0.2, 0.25) is 0 Å². The van der Waals surface area contributed by atoms with Gasteiger partial charge < -0.3 is 4.57 Å². The normalized spacial score (nSPS) is 14.1. The summed E-state index contributed by atoms with van der Waals surface area (Å²) in [4.78, 5) is 15.5. The average molecular weight is 746 g/mol. The van der Waals surface area contributed by atoms with E-state index in [1.54, 1.807) is 0 Å². The third-order valence-corrected chi connectivity index (χ3v) is 13.1. The molecule has 0 bridgehead atoms. The SMILES string of the molecule is CP(C)(=O)c1ccc(-c2ccc(C3(c4ccc(-c5nc(-c6cccc(-c7ccccc7)c6)nc(-c6cccc7ccccc67)n5)cc4)CCCCC3)cc2)cc1. The van der Waals surface area contributed by atoms with E-state index in [2.05, 4.69) is 152 Å². The smallest absolute Gasteiger partial charge is 0.164 e. The molecule has 8 aromatic rings. The number of rotatable bonds is 8. The summed E-state index contributed by atoms with van der Waals surface area (Å²) in [7, 11) is -2.29. The van der Waals surface area contributed by atoms with E-state index in [0.717, 1.165) is 62.3 Å². The molecule has 5 heteroatoms. The van der Waals surface area contributed by atoms with Crippen molar-refractivity contribution in [3.63, 3.8) is 0 Å². The van der Waals surface area contributed by atoms with E-state index in [4.69, 9.17) is 15.0 Å². The Morgan fingerprint density at radius 2 is 0.946 bits per heavy atom. The summed E-state index contributed by atoms with van der Waals surface area (Å²) in [6.45, 7) is 3.65. The first-order valence-corrected chi connectivity index (χ1v) is 22.2. The highest BCUT2D eigenvalue weighted by Crippen LogP contribution is 2.46. The van der Waals surface area contributed by atoms with E-state index in [1.807, 2.05) is 31.5 Å². The van der Waals surface area contributed by atoms with E-state index < -0.39 is 7.14 Å². The molecule has 274 valence electrons. The molecule has 1 heterocycles. The second-order valence-corrected chi connectivity index (χ2v) is 18.7. The van der Waals surface area contributed by atoms with Gasteiger partial charge in [-0.3, -0.25) is 0 Å². The Hall–Kier alpha value is -5.96. The Morgan fingerprint density at radius 1 is 0.446 bits per heavy atom. The first-order valence-electron chi connectivity index (χ1n) is 19.6. The van der Waals surface area contributed by atoms with Crippen LogP contribution in [-0.4, -0.2) is 28.3 Å². The predicted molar refractivity (Wildman–Crippen MR) is 234 cm³/mol. The summed E-state index contributed by atoms with van der Waals surface area (Å²) >= 11 is 0. The predicted octanol–water partition coefficient (Wildman–Crippen LogP) is 12.9. The number of hydrogen-bond acceptors (Lipinski definition) is 4. The first-order chi connectivity index (χ1) is 27.3. The van der Waals surface area contributed by atoms with E-state index >= 15 is 0 Å². The van der Waals surface area contributed by atoms with E-state index in [9.17, 15) is 4.57 Å². The van der Waals surface area contributed by atoms with Gasteiger partial charge in [0.05, 0.1) is 0 Å². The average Bonchev–Trinajstić information content (AvgIpc) is 3.26. The fourth-order valence-electron chi connectivity index (χ4n) is 8.48. The van der Waals surface area contributed by atoms with Crippen LogP contribution in [0.3, 0.4) is 0 Å². The standard InChI is InChI=1S/C51H44N3OP/c1-56(2,55)45-31-25-38(26-32-45)37-21-27-43(28-22-37)51(33-9-4-10-34-51)44-29-23-40(24-30-44)48-52-49(42-18-11-17-41(35-42)36-13-5-3-6-14-36)54-50(53-48)47-20-12-16-39-15-7-8-19-46(39)47/h3,5-8,11-32,35H,4,9-10,33-34H2,1-2H3. The number of aromatic nitrogens is 3. The topological polar surface area (TPSA) is 55.7 Å². The van der Waals surface area contributed by atoms with Crippen molar-refractivity contribution in [2.45, 2.75) is 37.5 Å². The van der Waals surface area contributed by atoms with Gasteiger partial charge in [-0.25, -0.2) is 15.0 Å². The Morgan fingerprint density at radius 3 is 1.62 bits per heavy atom. The molecule has 0 atom stereocenters. The van der Waals surface area contributed by atoms with Crippen molar-refractivity contribution in [3.8, 4) is 56.4 Å². The zero-order valence-electron chi connectivity index (χ0n) is 31.9. The molecule has 0 amide bonds. The van der Waals surface area contributed by atoms with Crippen molar-refractivity contribution in [1.29, 1.82) is 0 Å². The Kier molecular flexibility index (Phi) is 9.53. The highest BCUT2D eigenvalue weighted by molar-refractivity contribution is 7.70. The second kappa shape index (κ2) is 14.9. The van der Waals surface area contributed by atoms with Crippen LogP contribution in [0.4, 0.5) is 0 Å². The van der Waals surface area contributed by atoms with Gasteiger partial charge in [0.1, 0.15) is 7.14 Å². The lowest BCUT2D eigenvalue weighted by molar-refractivity contribution is 0.346. The quantitative estimate of drug-likeness (QED) is 0.145.